The summed E-state index contributed by atoms with van der Waals surface area (Å²) in [4.78, 5) is 0.663. The van der Waals surface area contributed by atoms with E-state index in [9.17, 15) is 5.11 Å². The van der Waals surface area contributed by atoms with Gasteiger partial charge in [-0.3, -0.25) is 0 Å². The molecule has 13 heavy (non-hydrogen) atoms. The van der Waals surface area contributed by atoms with Gasteiger partial charge in [0.25, 0.3) is 0 Å². The molecule has 0 spiro atoms. The number of rotatable bonds is 1. The number of aliphatic hydroxyl groups is 1. The Hall–Kier alpha value is -0.710. The highest BCUT2D eigenvalue weighted by Gasteiger charge is 2.21. The minimum Gasteiger partial charge on any atom is -0.492 e. The largest absolute Gasteiger partial charge is 0.492 e. The van der Waals surface area contributed by atoms with Crippen LogP contribution in [0.1, 0.15) is 18.1 Å². The molecular formula is C9H10O3S. The molecule has 0 radical (unpaired) electrons. The molecule has 0 saturated carbocycles. The second-order valence-corrected chi connectivity index (χ2v) is 3.54. The fourth-order valence-electron chi connectivity index (χ4n) is 1.45. The van der Waals surface area contributed by atoms with Crippen LogP contribution in [-0.2, 0) is 0 Å². The van der Waals surface area contributed by atoms with E-state index in [2.05, 4.69) is 0 Å². The molecule has 1 heterocycles. The maximum Gasteiger partial charge on any atom is 0.140 e. The van der Waals surface area contributed by atoms with Crippen LogP contribution in [0.5, 0.6) is 5.75 Å². The van der Waals surface area contributed by atoms with Crippen molar-refractivity contribution >= 4 is 12.0 Å². The van der Waals surface area contributed by atoms with Crippen molar-refractivity contribution in [2.24, 2.45) is 0 Å². The lowest BCUT2D eigenvalue weighted by atomic mass is 10.0. The van der Waals surface area contributed by atoms with Gasteiger partial charge in [-0.05, 0) is 6.07 Å². The van der Waals surface area contributed by atoms with E-state index in [0.717, 1.165) is 5.56 Å². The summed E-state index contributed by atoms with van der Waals surface area (Å²) in [6.07, 6.45) is 0.155. The lowest BCUT2D eigenvalue weighted by Crippen LogP contribution is -2.14. The Morgan fingerprint density at radius 1 is 1.46 bits per heavy atom. The van der Waals surface area contributed by atoms with E-state index >= 15 is 0 Å². The Kier molecular flexibility index (Phi) is 2.44. The zero-order valence-corrected chi connectivity index (χ0v) is 7.75. The maximum atomic E-state index is 9.61. The Morgan fingerprint density at radius 2 is 2.31 bits per heavy atom. The first-order valence-electron chi connectivity index (χ1n) is 4.08. The predicted molar refractivity (Wildman–Crippen MR) is 50.0 cm³/mol. The van der Waals surface area contributed by atoms with E-state index in [-0.39, 0.29) is 0 Å². The zero-order chi connectivity index (χ0) is 9.26. The molecule has 1 aromatic rings. The van der Waals surface area contributed by atoms with Crippen LogP contribution in [0.3, 0.4) is 0 Å². The summed E-state index contributed by atoms with van der Waals surface area (Å²) >= 11 is 0.649. The normalized spacial score (nSPS) is 20.6. The summed E-state index contributed by atoms with van der Waals surface area (Å²) in [6.45, 7) is 0.506. The monoisotopic (exact) mass is 198 g/mol. The SMILES string of the molecule is OSc1cccc2c1OCCC2O. The van der Waals surface area contributed by atoms with Gasteiger partial charge in [0.15, 0.2) is 0 Å². The average molecular weight is 198 g/mol. The second kappa shape index (κ2) is 3.57. The van der Waals surface area contributed by atoms with Gasteiger partial charge in [-0.25, -0.2) is 0 Å². The number of fused-ring (bicyclic) bond motifs is 1. The first-order valence-corrected chi connectivity index (χ1v) is 4.85. The van der Waals surface area contributed by atoms with Crippen molar-refractivity contribution in [3.63, 3.8) is 0 Å². The van der Waals surface area contributed by atoms with E-state index in [1.54, 1.807) is 12.1 Å². The Morgan fingerprint density at radius 3 is 3.08 bits per heavy atom. The molecule has 1 aliphatic rings. The molecule has 1 unspecified atom stereocenters. The quantitative estimate of drug-likeness (QED) is 0.678. The van der Waals surface area contributed by atoms with Crippen LogP contribution in [0, 0.1) is 0 Å². The fraction of sp³-hybridized carbons (Fsp3) is 0.333. The third-order valence-electron chi connectivity index (χ3n) is 2.10. The molecule has 0 aromatic heterocycles. The molecule has 2 rings (SSSR count). The predicted octanol–water partition coefficient (Wildman–Crippen LogP) is 2.07. The number of hydrogen-bond donors (Lipinski definition) is 2. The highest BCUT2D eigenvalue weighted by Crippen LogP contribution is 2.38. The van der Waals surface area contributed by atoms with Gasteiger partial charge in [-0.2, -0.15) is 0 Å². The van der Waals surface area contributed by atoms with E-state index < -0.39 is 6.10 Å². The van der Waals surface area contributed by atoms with Crippen molar-refractivity contribution in [3.8, 4) is 5.75 Å². The first-order chi connectivity index (χ1) is 6.33. The van der Waals surface area contributed by atoms with E-state index in [4.69, 9.17) is 9.29 Å². The molecule has 4 heteroatoms. The van der Waals surface area contributed by atoms with Gasteiger partial charge in [0.1, 0.15) is 5.75 Å². The third-order valence-corrected chi connectivity index (χ3v) is 2.62. The smallest absolute Gasteiger partial charge is 0.140 e. The molecule has 0 fully saturated rings. The zero-order valence-electron chi connectivity index (χ0n) is 6.93. The van der Waals surface area contributed by atoms with Crippen LogP contribution in [0.15, 0.2) is 23.1 Å². The summed E-state index contributed by atoms with van der Waals surface area (Å²) in [5.41, 5.74) is 0.769. The van der Waals surface area contributed by atoms with Gasteiger partial charge in [0.2, 0.25) is 0 Å². The standard InChI is InChI=1S/C9H10O3S/c10-7-4-5-12-9-6(7)2-1-3-8(9)13-11/h1-3,7,10-11H,4-5H2. The number of benzene rings is 1. The van der Waals surface area contributed by atoms with Gasteiger partial charge < -0.3 is 14.4 Å². The maximum absolute atomic E-state index is 9.61. The highest BCUT2D eigenvalue weighted by molar-refractivity contribution is 7.93. The van der Waals surface area contributed by atoms with Gasteiger partial charge in [-0.1, -0.05) is 12.1 Å². The number of aliphatic hydroxyl groups excluding tert-OH is 1. The second-order valence-electron chi connectivity index (χ2n) is 2.92. The van der Waals surface area contributed by atoms with Crippen molar-refractivity contribution in [3.05, 3.63) is 23.8 Å². The minimum atomic E-state index is -0.462. The van der Waals surface area contributed by atoms with Crippen molar-refractivity contribution in [2.75, 3.05) is 6.61 Å². The molecule has 0 saturated heterocycles. The van der Waals surface area contributed by atoms with E-state index in [0.29, 0.717) is 35.7 Å². The Balaban J connectivity index is 2.48. The van der Waals surface area contributed by atoms with Crippen molar-refractivity contribution in [1.29, 1.82) is 0 Å². The topological polar surface area (TPSA) is 49.7 Å². The lowest BCUT2D eigenvalue weighted by molar-refractivity contribution is 0.113. The Bertz CT molecular complexity index is 314. The molecule has 1 aliphatic heterocycles. The molecule has 3 nitrogen and oxygen atoms in total. The number of ether oxygens (including phenoxy) is 1. The third kappa shape index (κ3) is 1.52. The van der Waals surface area contributed by atoms with Gasteiger partial charge >= 0.3 is 0 Å². The number of hydrogen-bond acceptors (Lipinski definition) is 4. The molecule has 0 amide bonds. The van der Waals surface area contributed by atoms with Crippen molar-refractivity contribution in [1.82, 2.24) is 0 Å². The fourth-order valence-corrected chi connectivity index (χ4v) is 1.85. The van der Waals surface area contributed by atoms with Gasteiger partial charge in [0.05, 0.1) is 17.6 Å². The van der Waals surface area contributed by atoms with E-state index in [1.807, 2.05) is 6.07 Å². The van der Waals surface area contributed by atoms with Crippen molar-refractivity contribution in [2.45, 2.75) is 17.4 Å². The van der Waals surface area contributed by atoms with Gasteiger partial charge in [-0.15, -0.1) is 0 Å². The van der Waals surface area contributed by atoms with Crippen LogP contribution in [0.4, 0.5) is 0 Å². The molecule has 2 N–H and O–H groups in total. The summed E-state index contributed by atoms with van der Waals surface area (Å²) in [5.74, 6) is 0.619. The van der Waals surface area contributed by atoms with E-state index in [1.165, 1.54) is 0 Å². The average Bonchev–Trinajstić information content (AvgIpc) is 2.18. The van der Waals surface area contributed by atoms with Crippen LogP contribution >= 0.6 is 12.0 Å². The summed E-state index contributed by atoms with van der Waals surface area (Å²) < 4.78 is 14.3. The molecule has 1 aromatic carbocycles. The summed E-state index contributed by atoms with van der Waals surface area (Å²) in [5, 5.41) is 9.61. The molecular weight excluding hydrogens is 188 g/mol. The van der Waals surface area contributed by atoms with Crippen LogP contribution < -0.4 is 4.74 Å². The molecule has 0 bridgehead atoms. The lowest BCUT2D eigenvalue weighted by Gasteiger charge is -2.23. The first kappa shape index (κ1) is 8.87. The summed E-state index contributed by atoms with van der Waals surface area (Å²) in [6, 6.07) is 5.38. The van der Waals surface area contributed by atoms with Crippen molar-refractivity contribution < 1.29 is 14.4 Å². The van der Waals surface area contributed by atoms with Crippen LogP contribution in [0.25, 0.3) is 0 Å². The van der Waals surface area contributed by atoms with Crippen LogP contribution in [0.2, 0.25) is 0 Å². The van der Waals surface area contributed by atoms with Gasteiger partial charge in [0, 0.05) is 24.0 Å². The van der Waals surface area contributed by atoms with Crippen LogP contribution in [-0.4, -0.2) is 16.3 Å². The minimum absolute atomic E-state index is 0.462. The molecule has 70 valence electrons. The number of para-hydroxylation sites is 1. The highest BCUT2D eigenvalue weighted by atomic mass is 32.2. The Labute approximate surface area is 80.6 Å². The molecule has 0 aliphatic carbocycles. The molecule has 1 atom stereocenters. The summed E-state index contributed by atoms with van der Waals surface area (Å²) in [7, 11) is 0.